The summed E-state index contributed by atoms with van der Waals surface area (Å²) in [5.74, 6) is -0.528. The minimum Gasteiger partial charge on any atom is -0.465 e. The van der Waals surface area contributed by atoms with Crippen LogP contribution in [0.3, 0.4) is 0 Å². The Bertz CT molecular complexity index is 1350. The highest BCUT2D eigenvalue weighted by molar-refractivity contribution is 7.89. The number of benzene rings is 2. The number of carbonyl (C=O) groups is 1. The standard InChI is InChI=1S/C25H28N2O5S/c1-16-12-19-14-20(24(28)26-23(19)13-17(16)2)15-27(21-6-4-5-7-21)33(30,31)22-10-8-18(9-11-22)25(29)32-3/h8-14,21H,4-7,15H2,1-3H3,(H,26,28). The summed E-state index contributed by atoms with van der Waals surface area (Å²) >= 11 is 0. The van der Waals surface area contributed by atoms with Crippen LogP contribution in [0, 0.1) is 13.8 Å². The molecule has 1 aromatic heterocycles. The van der Waals surface area contributed by atoms with Gasteiger partial charge in [-0.2, -0.15) is 4.31 Å². The third-order valence-corrected chi connectivity index (χ3v) is 8.39. The Morgan fingerprint density at radius 1 is 1.06 bits per heavy atom. The quantitative estimate of drug-likeness (QED) is 0.550. The minimum absolute atomic E-state index is 0.00997. The summed E-state index contributed by atoms with van der Waals surface area (Å²) in [5, 5.41) is 0.874. The molecule has 4 rings (SSSR count). The molecule has 1 heterocycles. The van der Waals surface area contributed by atoms with Crippen molar-refractivity contribution in [3.05, 3.63) is 75.1 Å². The van der Waals surface area contributed by atoms with Gasteiger partial charge in [0.2, 0.25) is 10.0 Å². The maximum atomic E-state index is 13.6. The summed E-state index contributed by atoms with van der Waals surface area (Å²) in [6, 6.07) is 11.3. The summed E-state index contributed by atoms with van der Waals surface area (Å²) < 4.78 is 33.4. The van der Waals surface area contributed by atoms with Gasteiger partial charge in [0.1, 0.15) is 0 Å². The van der Waals surface area contributed by atoms with Crippen molar-refractivity contribution in [2.75, 3.05) is 7.11 Å². The normalized spacial score (nSPS) is 14.8. The van der Waals surface area contributed by atoms with E-state index in [1.807, 2.05) is 26.0 Å². The second kappa shape index (κ2) is 9.11. The highest BCUT2D eigenvalue weighted by Crippen LogP contribution is 2.30. The van der Waals surface area contributed by atoms with Gasteiger partial charge < -0.3 is 9.72 Å². The van der Waals surface area contributed by atoms with Gasteiger partial charge in [0, 0.05) is 23.7 Å². The number of pyridine rings is 1. The predicted octanol–water partition coefficient (Wildman–Crippen LogP) is 4.07. The van der Waals surface area contributed by atoms with Crippen molar-refractivity contribution in [2.45, 2.75) is 57.0 Å². The smallest absolute Gasteiger partial charge is 0.337 e. The summed E-state index contributed by atoms with van der Waals surface area (Å²) in [4.78, 5) is 27.6. The number of sulfonamides is 1. The summed E-state index contributed by atoms with van der Waals surface area (Å²) in [7, 11) is -2.61. The maximum absolute atomic E-state index is 13.6. The van der Waals surface area contributed by atoms with Crippen LogP contribution in [0.5, 0.6) is 0 Å². The molecular weight excluding hydrogens is 440 g/mol. The Morgan fingerprint density at radius 3 is 2.33 bits per heavy atom. The van der Waals surface area contributed by atoms with E-state index in [4.69, 9.17) is 4.74 Å². The number of aryl methyl sites for hydroxylation is 2. The van der Waals surface area contributed by atoms with Crippen LogP contribution < -0.4 is 5.56 Å². The van der Waals surface area contributed by atoms with E-state index in [1.54, 1.807) is 6.07 Å². The Labute approximate surface area is 193 Å². The first-order valence-corrected chi connectivity index (χ1v) is 12.5. The molecule has 0 atom stereocenters. The lowest BCUT2D eigenvalue weighted by Gasteiger charge is -2.28. The van der Waals surface area contributed by atoms with E-state index in [-0.39, 0.29) is 28.6 Å². The van der Waals surface area contributed by atoms with Gasteiger partial charge in [-0.25, -0.2) is 13.2 Å². The molecule has 8 heteroatoms. The SMILES string of the molecule is COC(=O)c1ccc(S(=O)(=O)N(Cc2cc3cc(C)c(C)cc3[nH]c2=O)C2CCCC2)cc1. The largest absolute Gasteiger partial charge is 0.465 e. The van der Waals surface area contributed by atoms with E-state index in [9.17, 15) is 18.0 Å². The number of aromatic amines is 1. The average molecular weight is 469 g/mol. The van der Waals surface area contributed by atoms with Crippen LogP contribution in [0.25, 0.3) is 10.9 Å². The molecular formula is C25H28N2O5S. The summed E-state index contributed by atoms with van der Waals surface area (Å²) in [6.45, 7) is 3.98. The van der Waals surface area contributed by atoms with Crippen molar-refractivity contribution in [2.24, 2.45) is 0 Å². The van der Waals surface area contributed by atoms with Gasteiger partial charge in [0.05, 0.1) is 17.6 Å². The molecule has 0 amide bonds. The van der Waals surface area contributed by atoms with Crippen LogP contribution in [-0.2, 0) is 21.3 Å². The van der Waals surface area contributed by atoms with Crippen LogP contribution in [0.15, 0.2) is 52.2 Å². The van der Waals surface area contributed by atoms with Crippen molar-refractivity contribution < 1.29 is 17.9 Å². The lowest BCUT2D eigenvalue weighted by Crippen LogP contribution is -2.39. The average Bonchev–Trinajstić information content (AvgIpc) is 3.32. The molecule has 0 spiro atoms. The zero-order chi connectivity index (χ0) is 23.8. The fourth-order valence-electron chi connectivity index (χ4n) is 4.43. The number of hydrogen-bond donors (Lipinski definition) is 1. The van der Waals surface area contributed by atoms with Crippen molar-refractivity contribution in [3.63, 3.8) is 0 Å². The van der Waals surface area contributed by atoms with Crippen LogP contribution in [0.1, 0.15) is 52.7 Å². The monoisotopic (exact) mass is 468 g/mol. The van der Waals surface area contributed by atoms with Crippen LogP contribution in [-0.4, -0.2) is 36.8 Å². The van der Waals surface area contributed by atoms with Gasteiger partial charge in [-0.3, -0.25) is 4.79 Å². The molecule has 0 aliphatic heterocycles. The minimum atomic E-state index is -3.89. The van der Waals surface area contributed by atoms with Gasteiger partial charge >= 0.3 is 5.97 Å². The third kappa shape index (κ3) is 4.58. The van der Waals surface area contributed by atoms with Gasteiger partial charge in [-0.05, 0) is 85.7 Å². The Kier molecular flexibility index (Phi) is 6.41. The number of carbonyl (C=O) groups excluding carboxylic acids is 1. The number of aromatic nitrogens is 1. The van der Waals surface area contributed by atoms with E-state index in [2.05, 4.69) is 4.98 Å². The second-order valence-corrected chi connectivity index (χ2v) is 10.5. The summed E-state index contributed by atoms with van der Waals surface area (Å²) in [6.07, 6.45) is 3.40. The number of H-pyrrole nitrogens is 1. The van der Waals surface area contributed by atoms with Gasteiger partial charge in [-0.1, -0.05) is 12.8 Å². The van der Waals surface area contributed by atoms with Crippen molar-refractivity contribution in [3.8, 4) is 0 Å². The third-order valence-electron chi connectivity index (χ3n) is 6.48. The lowest BCUT2D eigenvalue weighted by atomic mass is 10.0. The molecule has 1 saturated carbocycles. The Balaban J connectivity index is 1.74. The van der Waals surface area contributed by atoms with Gasteiger partial charge in [-0.15, -0.1) is 0 Å². The number of nitrogens with one attached hydrogen (secondary N) is 1. The van der Waals surface area contributed by atoms with Gasteiger partial charge in [0.15, 0.2) is 0 Å². The van der Waals surface area contributed by atoms with E-state index in [0.717, 1.165) is 47.7 Å². The fourth-order valence-corrected chi connectivity index (χ4v) is 6.09. The molecule has 0 unspecified atom stereocenters. The molecule has 0 saturated heterocycles. The van der Waals surface area contributed by atoms with E-state index in [1.165, 1.54) is 35.7 Å². The summed E-state index contributed by atoms with van der Waals surface area (Å²) in [5.41, 5.74) is 3.32. The highest BCUT2D eigenvalue weighted by Gasteiger charge is 2.34. The molecule has 1 aliphatic rings. The Hall–Kier alpha value is -2.97. The first kappa shape index (κ1) is 23.2. The number of fused-ring (bicyclic) bond motifs is 1. The first-order chi connectivity index (χ1) is 15.7. The molecule has 1 aliphatic carbocycles. The zero-order valence-electron chi connectivity index (χ0n) is 19.1. The number of rotatable bonds is 6. The molecule has 2 aromatic carbocycles. The predicted molar refractivity (Wildman–Crippen MR) is 127 cm³/mol. The number of nitrogens with zero attached hydrogens (tertiary/aromatic N) is 1. The van der Waals surface area contributed by atoms with Gasteiger partial charge in [0.25, 0.3) is 5.56 Å². The number of ether oxygens (including phenoxy) is 1. The zero-order valence-corrected chi connectivity index (χ0v) is 19.9. The van der Waals surface area contributed by atoms with Crippen molar-refractivity contribution >= 4 is 26.9 Å². The molecule has 174 valence electrons. The van der Waals surface area contributed by atoms with Crippen molar-refractivity contribution in [1.29, 1.82) is 0 Å². The molecule has 33 heavy (non-hydrogen) atoms. The molecule has 7 nitrogen and oxygen atoms in total. The Morgan fingerprint density at radius 2 is 1.70 bits per heavy atom. The molecule has 3 aromatic rings. The highest BCUT2D eigenvalue weighted by atomic mass is 32.2. The van der Waals surface area contributed by atoms with Crippen LogP contribution in [0.2, 0.25) is 0 Å². The van der Waals surface area contributed by atoms with E-state index < -0.39 is 16.0 Å². The van der Waals surface area contributed by atoms with Crippen LogP contribution >= 0.6 is 0 Å². The number of methoxy groups -OCH3 is 1. The topological polar surface area (TPSA) is 96.5 Å². The van der Waals surface area contributed by atoms with Crippen LogP contribution in [0.4, 0.5) is 0 Å². The molecule has 0 radical (unpaired) electrons. The van der Waals surface area contributed by atoms with E-state index >= 15 is 0 Å². The molecule has 1 N–H and O–H groups in total. The molecule has 0 bridgehead atoms. The first-order valence-electron chi connectivity index (χ1n) is 11.0. The fraction of sp³-hybridized carbons (Fsp3) is 0.360. The second-order valence-electron chi connectivity index (χ2n) is 8.65. The lowest BCUT2D eigenvalue weighted by molar-refractivity contribution is 0.0600. The number of esters is 1. The maximum Gasteiger partial charge on any atom is 0.337 e. The number of hydrogen-bond acceptors (Lipinski definition) is 5. The van der Waals surface area contributed by atoms with E-state index in [0.29, 0.717) is 5.56 Å². The van der Waals surface area contributed by atoms with Crippen molar-refractivity contribution in [1.82, 2.24) is 9.29 Å². The molecule has 1 fully saturated rings.